The standard InChI is InChI=1S/C14H18F3N2O/c15-14(16,17)12-3-1-2-4-13(12)20-11-5-8-19(9-6-11)10-7-18/h1-4,11,18H,5-10H2. The van der Waals surface area contributed by atoms with Crippen molar-refractivity contribution in [3.8, 4) is 5.75 Å². The minimum absolute atomic E-state index is 0.0843. The van der Waals surface area contributed by atoms with Gasteiger partial charge in [-0.25, -0.2) is 0 Å². The van der Waals surface area contributed by atoms with Crippen LogP contribution in [-0.2, 0) is 6.18 Å². The Morgan fingerprint density at radius 1 is 1.20 bits per heavy atom. The van der Waals surface area contributed by atoms with Crippen molar-refractivity contribution < 1.29 is 17.9 Å². The molecule has 2 rings (SSSR count). The van der Waals surface area contributed by atoms with Gasteiger partial charge in [-0.1, -0.05) is 12.1 Å². The molecule has 111 valence electrons. The summed E-state index contributed by atoms with van der Waals surface area (Å²) >= 11 is 0. The topological polar surface area (TPSA) is 36.3 Å². The highest BCUT2D eigenvalue weighted by Crippen LogP contribution is 2.36. The molecule has 1 radical (unpaired) electrons. The van der Waals surface area contributed by atoms with Crippen molar-refractivity contribution in [1.82, 2.24) is 10.6 Å². The quantitative estimate of drug-likeness (QED) is 0.853. The summed E-state index contributed by atoms with van der Waals surface area (Å²) in [6.45, 7) is 2.61. The fourth-order valence-corrected chi connectivity index (χ4v) is 2.39. The lowest BCUT2D eigenvalue weighted by Gasteiger charge is -2.32. The Morgan fingerprint density at radius 3 is 2.45 bits per heavy atom. The predicted molar refractivity (Wildman–Crippen MR) is 69.5 cm³/mol. The molecule has 0 aliphatic carbocycles. The SMILES string of the molecule is [NH]CCN1CCC(Oc2ccccc2C(F)(F)F)CC1. The normalized spacial score (nSPS) is 18.2. The minimum Gasteiger partial charge on any atom is -0.490 e. The summed E-state index contributed by atoms with van der Waals surface area (Å²) in [5, 5.41) is 0. The van der Waals surface area contributed by atoms with Crippen LogP contribution >= 0.6 is 0 Å². The van der Waals surface area contributed by atoms with E-state index in [1.807, 2.05) is 0 Å². The maximum absolute atomic E-state index is 12.9. The number of alkyl halides is 3. The number of para-hydroxylation sites is 1. The highest BCUT2D eigenvalue weighted by atomic mass is 19.4. The van der Waals surface area contributed by atoms with Gasteiger partial charge in [0.15, 0.2) is 0 Å². The van der Waals surface area contributed by atoms with Crippen LogP contribution in [0.15, 0.2) is 24.3 Å². The average Bonchev–Trinajstić information content (AvgIpc) is 2.41. The third-order valence-corrected chi connectivity index (χ3v) is 3.45. The van der Waals surface area contributed by atoms with Gasteiger partial charge in [-0.15, -0.1) is 0 Å². The Kier molecular flexibility index (Phi) is 4.88. The molecule has 1 fully saturated rings. The van der Waals surface area contributed by atoms with Gasteiger partial charge in [0.1, 0.15) is 11.9 Å². The van der Waals surface area contributed by atoms with E-state index in [-0.39, 0.29) is 11.9 Å². The van der Waals surface area contributed by atoms with Gasteiger partial charge in [0.25, 0.3) is 0 Å². The second-order valence-electron chi connectivity index (χ2n) is 4.90. The van der Waals surface area contributed by atoms with E-state index in [9.17, 15) is 13.2 Å². The number of halogens is 3. The van der Waals surface area contributed by atoms with Gasteiger partial charge in [-0.3, -0.25) is 5.73 Å². The first-order chi connectivity index (χ1) is 9.50. The van der Waals surface area contributed by atoms with Gasteiger partial charge < -0.3 is 9.64 Å². The van der Waals surface area contributed by atoms with Gasteiger partial charge >= 0.3 is 6.18 Å². The molecule has 1 N–H and O–H groups in total. The number of hydrogen-bond acceptors (Lipinski definition) is 2. The number of nitrogens with zero attached hydrogens (tertiary/aromatic N) is 1. The maximum Gasteiger partial charge on any atom is 0.419 e. The first kappa shape index (κ1) is 15.1. The fourth-order valence-electron chi connectivity index (χ4n) is 2.39. The molecular weight excluding hydrogens is 269 g/mol. The second kappa shape index (κ2) is 6.45. The van der Waals surface area contributed by atoms with Crippen LogP contribution in [0.3, 0.4) is 0 Å². The Balaban J connectivity index is 1.98. The Hall–Kier alpha value is -1.27. The number of ether oxygens (including phenoxy) is 1. The zero-order valence-electron chi connectivity index (χ0n) is 11.1. The average molecular weight is 287 g/mol. The van der Waals surface area contributed by atoms with Crippen LogP contribution in [0.2, 0.25) is 0 Å². The van der Waals surface area contributed by atoms with E-state index in [2.05, 4.69) is 4.90 Å². The van der Waals surface area contributed by atoms with E-state index < -0.39 is 11.7 Å². The van der Waals surface area contributed by atoms with Crippen molar-refractivity contribution in [2.75, 3.05) is 26.2 Å². The highest BCUT2D eigenvalue weighted by molar-refractivity contribution is 5.35. The Labute approximate surface area is 116 Å². The molecule has 20 heavy (non-hydrogen) atoms. The van der Waals surface area contributed by atoms with Crippen LogP contribution in [0.25, 0.3) is 0 Å². The van der Waals surface area contributed by atoms with Crippen molar-refractivity contribution in [2.24, 2.45) is 0 Å². The Bertz CT molecular complexity index is 429. The molecule has 1 aliphatic heterocycles. The van der Waals surface area contributed by atoms with E-state index in [1.165, 1.54) is 12.1 Å². The van der Waals surface area contributed by atoms with Gasteiger partial charge in [-0.05, 0) is 25.0 Å². The van der Waals surface area contributed by atoms with Crippen LogP contribution in [0.4, 0.5) is 13.2 Å². The first-order valence-corrected chi connectivity index (χ1v) is 6.70. The predicted octanol–water partition coefficient (Wildman–Crippen LogP) is 2.83. The number of hydrogen-bond donors (Lipinski definition) is 0. The molecule has 1 heterocycles. The molecule has 3 nitrogen and oxygen atoms in total. The smallest absolute Gasteiger partial charge is 0.419 e. The monoisotopic (exact) mass is 287 g/mol. The lowest BCUT2D eigenvalue weighted by atomic mass is 10.1. The molecule has 1 saturated heterocycles. The summed E-state index contributed by atoms with van der Waals surface area (Å²) in [5.74, 6) is -0.0843. The summed E-state index contributed by atoms with van der Waals surface area (Å²) in [4.78, 5) is 2.14. The molecule has 0 atom stereocenters. The van der Waals surface area contributed by atoms with Gasteiger partial charge in [0.05, 0.1) is 5.56 Å². The number of benzene rings is 1. The number of nitrogens with one attached hydrogen (secondary N) is 1. The molecule has 0 spiro atoms. The van der Waals surface area contributed by atoms with Crippen LogP contribution in [0, 0.1) is 0 Å². The van der Waals surface area contributed by atoms with Crippen molar-refractivity contribution in [3.63, 3.8) is 0 Å². The number of piperidine rings is 1. The first-order valence-electron chi connectivity index (χ1n) is 6.70. The van der Waals surface area contributed by atoms with Crippen molar-refractivity contribution in [2.45, 2.75) is 25.1 Å². The van der Waals surface area contributed by atoms with Crippen LogP contribution < -0.4 is 10.5 Å². The van der Waals surface area contributed by atoms with E-state index in [0.717, 1.165) is 19.2 Å². The Morgan fingerprint density at radius 2 is 1.85 bits per heavy atom. The molecule has 0 bridgehead atoms. The lowest BCUT2D eigenvalue weighted by Crippen LogP contribution is -2.39. The molecule has 1 aromatic carbocycles. The molecule has 6 heteroatoms. The van der Waals surface area contributed by atoms with E-state index in [0.29, 0.717) is 25.9 Å². The van der Waals surface area contributed by atoms with Crippen molar-refractivity contribution >= 4 is 0 Å². The molecule has 0 saturated carbocycles. The summed E-state index contributed by atoms with van der Waals surface area (Å²) < 4.78 is 44.1. The lowest BCUT2D eigenvalue weighted by molar-refractivity contribution is -0.139. The highest BCUT2D eigenvalue weighted by Gasteiger charge is 2.34. The largest absolute Gasteiger partial charge is 0.490 e. The summed E-state index contributed by atoms with van der Waals surface area (Å²) in [6.07, 6.45) is -3.17. The molecule has 0 amide bonds. The summed E-state index contributed by atoms with van der Waals surface area (Å²) in [6, 6.07) is 5.34. The molecule has 0 aromatic heterocycles. The van der Waals surface area contributed by atoms with Gasteiger partial charge in [-0.2, -0.15) is 13.2 Å². The number of rotatable bonds is 4. The van der Waals surface area contributed by atoms with E-state index in [1.54, 1.807) is 6.07 Å². The third kappa shape index (κ3) is 3.86. The molecular formula is C14H18F3N2O. The van der Waals surface area contributed by atoms with Gasteiger partial charge in [0.2, 0.25) is 0 Å². The van der Waals surface area contributed by atoms with Crippen LogP contribution in [-0.4, -0.2) is 37.2 Å². The maximum atomic E-state index is 12.9. The van der Waals surface area contributed by atoms with Crippen LogP contribution in [0.1, 0.15) is 18.4 Å². The zero-order chi connectivity index (χ0) is 14.6. The van der Waals surface area contributed by atoms with Crippen molar-refractivity contribution in [3.05, 3.63) is 29.8 Å². The molecule has 1 aromatic rings. The summed E-state index contributed by atoms with van der Waals surface area (Å²) in [5.41, 5.74) is 6.45. The second-order valence-corrected chi connectivity index (χ2v) is 4.90. The third-order valence-electron chi connectivity index (χ3n) is 3.45. The van der Waals surface area contributed by atoms with E-state index >= 15 is 0 Å². The molecule has 0 unspecified atom stereocenters. The number of likely N-dealkylation sites (tertiary alicyclic amines) is 1. The minimum atomic E-state index is -4.39. The summed E-state index contributed by atoms with van der Waals surface area (Å²) in [7, 11) is 0. The van der Waals surface area contributed by atoms with E-state index in [4.69, 9.17) is 10.5 Å². The van der Waals surface area contributed by atoms with Crippen molar-refractivity contribution in [1.29, 1.82) is 0 Å². The fraction of sp³-hybridized carbons (Fsp3) is 0.571. The van der Waals surface area contributed by atoms with Gasteiger partial charge in [0, 0.05) is 26.2 Å². The molecule has 1 aliphatic rings. The van der Waals surface area contributed by atoms with Crippen LogP contribution in [0.5, 0.6) is 5.75 Å². The zero-order valence-corrected chi connectivity index (χ0v) is 11.1.